The molecule has 1 fully saturated rings. The molecule has 1 heterocycles. The lowest BCUT2D eigenvalue weighted by molar-refractivity contribution is -0.274. The molecule has 1 aliphatic rings. The van der Waals surface area contributed by atoms with E-state index < -0.39 is 53.9 Å². The van der Waals surface area contributed by atoms with Crippen LogP contribution in [0.15, 0.2) is 18.2 Å². The highest BCUT2D eigenvalue weighted by Gasteiger charge is 2.46. The fourth-order valence-electron chi connectivity index (χ4n) is 2.08. The summed E-state index contributed by atoms with van der Waals surface area (Å²) in [7, 11) is 0. The summed E-state index contributed by atoms with van der Waals surface area (Å²) in [6.45, 7) is 0. The van der Waals surface area contributed by atoms with Crippen LogP contribution in [-0.2, 0) is 9.53 Å². The summed E-state index contributed by atoms with van der Waals surface area (Å²) in [4.78, 5) is 22.9. The first-order valence-corrected chi connectivity index (χ1v) is 6.47. The maximum Gasteiger partial charge on any atom is 0.339 e. The van der Waals surface area contributed by atoms with Crippen molar-refractivity contribution in [2.24, 2.45) is 0 Å². The average Bonchev–Trinajstić information content (AvgIpc) is 2.50. The van der Waals surface area contributed by atoms with Crippen LogP contribution in [0.4, 0.5) is 5.69 Å². The molecule has 126 valence electrons. The molecule has 0 saturated carbocycles. The van der Waals surface area contributed by atoms with Gasteiger partial charge < -0.3 is 40.7 Å². The molecule has 5 atom stereocenters. The van der Waals surface area contributed by atoms with Crippen LogP contribution in [0, 0.1) is 0 Å². The number of hydrogen-bond acceptors (Lipinski definition) is 8. The van der Waals surface area contributed by atoms with Gasteiger partial charge in [-0.15, -0.1) is 0 Å². The largest absolute Gasteiger partial charge is 0.507 e. The summed E-state index contributed by atoms with van der Waals surface area (Å²) in [6, 6.07) is 3.23. The Morgan fingerprint density at radius 2 is 1.70 bits per heavy atom. The zero-order valence-electron chi connectivity index (χ0n) is 11.5. The quantitative estimate of drug-likeness (QED) is 0.304. The third-order valence-corrected chi connectivity index (χ3v) is 3.34. The molecule has 0 aliphatic carbocycles. The fourth-order valence-corrected chi connectivity index (χ4v) is 2.08. The number of carboxylic acids is 1. The minimum absolute atomic E-state index is 0.0175. The Morgan fingerprint density at radius 3 is 2.30 bits per heavy atom. The number of carbonyl (C=O) groups excluding carboxylic acids is 1. The third kappa shape index (κ3) is 3.41. The van der Waals surface area contributed by atoms with Crippen molar-refractivity contribution < 1.29 is 45.0 Å². The minimum Gasteiger partial charge on any atom is -0.507 e. The number of rotatable bonds is 3. The molecular formula is C13H15NO9. The zero-order valence-corrected chi connectivity index (χ0v) is 11.5. The predicted molar refractivity (Wildman–Crippen MR) is 72.6 cm³/mol. The summed E-state index contributed by atoms with van der Waals surface area (Å²) in [5, 5.41) is 58.4. The molecule has 0 aromatic heterocycles. The number of aromatic carboxylic acids is 1. The molecule has 5 unspecified atom stereocenters. The second kappa shape index (κ2) is 6.48. The van der Waals surface area contributed by atoms with Gasteiger partial charge in [0.25, 0.3) is 5.91 Å². The highest BCUT2D eigenvalue weighted by Crippen LogP contribution is 2.24. The summed E-state index contributed by atoms with van der Waals surface area (Å²) >= 11 is 0. The molecule has 10 nitrogen and oxygen atoms in total. The van der Waals surface area contributed by atoms with E-state index in [0.29, 0.717) is 0 Å². The van der Waals surface area contributed by atoms with Crippen molar-refractivity contribution in [1.82, 2.24) is 0 Å². The number of phenols is 1. The van der Waals surface area contributed by atoms with Crippen LogP contribution in [0.2, 0.25) is 0 Å². The summed E-state index contributed by atoms with van der Waals surface area (Å²) < 4.78 is 4.73. The maximum absolute atomic E-state index is 12.0. The fraction of sp³-hybridized carbons (Fsp3) is 0.385. The number of benzene rings is 1. The van der Waals surface area contributed by atoms with Crippen LogP contribution >= 0.6 is 0 Å². The number of hydrogen-bond donors (Lipinski definition) is 7. The molecule has 10 heteroatoms. The normalized spacial score (nSPS) is 30.7. The highest BCUT2D eigenvalue weighted by atomic mass is 16.6. The summed E-state index contributed by atoms with van der Waals surface area (Å²) in [5.74, 6) is -2.90. The smallest absolute Gasteiger partial charge is 0.339 e. The van der Waals surface area contributed by atoms with E-state index in [1.807, 2.05) is 0 Å². The van der Waals surface area contributed by atoms with Gasteiger partial charge in [-0.1, -0.05) is 0 Å². The summed E-state index contributed by atoms with van der Waals surface area (Å²) in [5.41, 5.74) is -0.473. The first kappa shape index (κ1) is 17.1. The van der Waals surface area contributed by atoms with Crippen LogP contribution in [0.1, 0.15) is 10.4 Å². The lowest BCUT2D eigenvalue weighted by Crippen LogP contribution is -2.60. The highest BCUT2D eigenvalue weighted by molar-refractivity contribution is 5.97. The number of aliphatic hydroxyl groups excluding tert-OH is 4. The molecule has 2 rings (SSSR count). The van der Waals surface area contributed by atoms with Crippen molar-refractivity contribution in [3.05, 3.63) is 23.8 Å². The van der Waals surface area contributed by atoms with Gasteiger partial charge in [-0.2, -0.15) is 0 Å². The first-order chi connectivity index (χ1) is 10.7. The van der Waals surface area contributed by atoms with Gasteiger partial charge in [0.15, 0.2) is 12.4 Å². The van der Waals surface area contributed by atoms with Crippen molar-refractivity contribution in [2.45, 2.75) is 30.7 Å². The Kier molecular flexibility index (Phi) is 4.82. The Balaban J connectivity index is 2.16. The molecule has 7 N–H and O–H groups in total. The minimum atomic E-state index is -1.88. The lowest BCUT2D eigenvalue weighted by Gasteiger charge is -2.37. The van der Waals surface area contributed by atoms with Crippen molar-refractivity contribution in [1.29, 1.82) is 0 Å². The van der Waals surface area contributed by atoms with Crippen LogP contribution in [-0.4, -0.2) is 73.2 Å². The van der Waals surface area contributed by atoms with Gasteiger partial charge in [0.1, 0.15) is 29.6 Å². The van der Waals surface area contributed by atoms with Gasteiger partial charge in [0, 0.05) is 5.69 Å². The molecule has 1 aliphatic heterocycles. The van der Waals surface area contributed by atoms with E-state index in [2.05, 4.69) is 5.32 Å². The molecule has 1 aromatic rings. The number of nitrogens with one attached hydrogen (secondary N) is 1. The van der Waals surface area contributed by atoms with Crippen LogP contribution in [0.5, 0.6) is 5.75 Å². The van der Waals surface area contributed by atoms with Crippen molar-refractivity contribution in [3.8, 4) is 5.75 Å². The van der Waals surface area contributed by atoms with Crippen molar-refractivity contribution in [3.63, 3.8) is 0 Å². The number of amides is 1. The van der Waals surface area contributed by atoms with Gasteiger partial charge in [-0.05, 0) is 18.2 Å². The van der Waals surface area contributed by atoms with Crippen molar-refractivity contribution >= 4 is 17.6 Å². The number of aromatic hydroxyl groups is 1. The van der Waals surface area contributed by atoms with Crippen LogP contribution in [0.25, 0.3) is 0 Å². The molecule has 0 bridgehead atoms. The van der Waals surface area contributed by atoms with Gasteiger partial charge >= 0.3 is 5.97 Å². The third-order valence-electron chi connectivity index (χ3n) is 3.34. The van der Waals surface area contributed by atoms with E-state index in [1.165, 1.54) is 6.07 Å². The van der Waals surface area contributed by atoms with E-state index in [4.69, 9.17) is 9.84 Å². The monoisotopic (exact) mass is 329 g/mol. The topological polar surface area (TPSA) is 177 Å². The van der Waals surface area contributed by atoms with E-state index in [1.54, 1.807) is 0 Å². The van der Waals surface area contributed by atoms with E-state index in [0.717, 1.165) is 12.1 Å². The number of carboxylic acid groups (broad SMARTS) is 1. The van der Waals surface area contributed by atoms with Crippen LogP contribution < -0.4 is 5.32 Å². The number of ether oxygens (including phenoxy) is 1. The molecule has 23 heavy (non-hydrogen) atoms. The maximum atomic E-state index is 12.0. The molecule has 0 spiro atoms. The summed E-state index contributed by atoms with van der Waals surface area (Å²) in [6.07, 6.45) is -8.95. The van der Waals surface area contributed by atoms with E-state index in [9.17, 15) is 35.1 Å². The standard InChI is InChI=1S/C13H15NO9/c15-6-2-1-4(3-5(6)12(20)21)14-11(19)10-8(17)7(16)9(18)13(22)23-10/h1-3,7-10,13,15-18,22H,(H,14,19)(H,20,21). The molecular weight excluding hydrogens is 314 g/mol. The SMILES string of the molecule is O=C(O)c1cc(NC(=O)C2OC(O)C(O)C(O)C2O)ccc1O. The first-order valence-electron chi connectivity index (χ1n) is 6.47. The lowest BCUT2D eigenvalue weighted by atomic mass is 9.98. The van der Waals surface area contributed by atoms with Gasteiger partial charge in [0.05, 0.1) is 0 Å². The van der Waals surface area contributed by atoms with Gasteiger partial charge in [-0.3, -0.25) is 4.79 Å². The Bertz CT molecular complexity index is 619. The van der Waals surface area contributed by atoms with E-state index in [-0.39, 0.29) is 5.69 Å². The Morgan fingerprint density at radius 1 is 1.04 bits per heavy atom. The van der Waals surface area contributed by atoms with Crippen LogP contribution in [0.3, 0.4) is 0 Å². The Hall–Kier alpha value is -2.24. The van der Waals surface area contributed by atoms with Gasteiger partial charge in [-0.25, -0.2) is 4.79 Å². The zero-order chi connectivity index (χ0) is 17.3. The van der Waals surface area contributed by atoms with Crippen molar-refractivity contribution in [2.75, 3.05) is 5.32 Å². The molecule has 1 saturated heterocycles. The number of anilines is 1. The molecule has 1 aromatic carbocycles. The number of carbonyl (C=O) groups is 2. The average molecular weight is 329 g/mol. The second-order valence-corrected chi connectivity index (χ2v) is 4.95. The van der Waals surface area contributed by atoms with Gasteiger partial charge in [0.2, 0.25) is 0 Å². The predicted octanol–water partition coefficient (Wildman–Crippen LogP) is -2.17. The number of aliphatic hydroxyl groups is 4. The second-order valence-electron chi connectivity index (χ2n) is 4.95. The molecule has 1 amide bonds. The Labute approximate surface area is 129 Å². The molecule has 0 radical (unpaired) electrons. The van der Waals surface area contributed by atoms with E-state index >= 15 is 0 Å².